The van der Waals surface area contributed by atoms with Crippen molar-refractivity contribution in [3.63, 3.8) is 0 Å². The van der Waals surface area contributed by atoms with E-state index in [1.165, 1.54) is 12.1 Å². The predicted octanol–water partition coefficient (Wildman–Crippen LogP) is 1.75. The van der Waals surface area contributed by atoms with E-state index in [4.69, 9.17) is 14.6 Å². The van der Waals surface area contributed by atoms with Crippen LogP contribution < -0.4 is 20.1 Å². The maximum atomic E-state index is 13.4. The molecule has 0 radical (unpaired) electrons. The van der Waals surface area contributed by atoms with Crippen molar-refractivity contribution < 1.29 is 22.7 Å². The molecule has 2 aromatic carbocycles. The van der Waals surface area contributed by atoms with Crippen molar-refractivity contribution >= 4 is 21.6 Å². The lowest BCUT2D eigenvalue weighted by molar-refractivity contribution is 0.0936. The summed E-state index contributed by atoms with van der Waals surface area (Å²) in [5.41, 5.74) is 2.06. The number of primary sulfonamides is 1. The minimum absolute atomic E-state index is 0.00520. The Morgan fingerprint density at radius 2 is 1.76 bits per heavy atom. The van der Waals surface area contributed by atoms with Crippen LogP contribution >= 0.6 is 0 Å². The zero-order chi connectivity index (χ0) is 24.1. The van der Waals surface area contributed by atoms with E-state index >= 15 is 0 Å². The summed E-state index contributed by atoms with van der Waals surface area (Å²) in [6.45, 7) is 4.67. The van der Waals surface area contributed by atoms with Crippen LogP contribution in [-0.4, -0.2) is 72.3 Å². The van der Waals surface area contributed by atoms with Gasteiger partial charge in [0.15, 0.2) is 0 Å². The highest BCUT2D eigenvalue weighted by Gasteiger charge is 2.26. The summed E-state index contributed by atoms with van der Waals surface area (Å²) < 4.78 is 34.6. The van der Waals surface area contributed by atoms with Gasteiger partial charge >= 0.3 is 0 Å². The number of benzene rings is 2. The molecule has 10 heteroatoms. The van der Waals surface area contributed by atoms with Gasteiger partial charge in [0.2, 0.25) is 10.0 Å². The molecule has 9 nitrogen and oxygen atoms in total. The lowest BCUT2D eigenvalue weighted by Gasteiger charge is -2.31. The molecule has 0 saturated carbocycles. The number of morpholine rings is 1. The van der Waals surface area contributed by atoms with Crippen molar-refractivity contribution in [1.29, 1.82) is 0 Å². The fourth-order valence-electron chi connectivity index (χ4n) is 4.58. The van der Waals surface area contributed by atoms with E-state index in [-0.39, 0.29) is 16.8 Å². The monoisotopic (exact) mass is 488 g/mol. The number of anilines is 1. The predicted molar refractivity (Wildman–Crippen MR) is 130 cm³/mol. The minimum Gasteiger partial charge on any atom is -0.497 e. The van der Waals surface area contributed by atoms with Crippen molar-refractivity contribution in [3.05, 3.63) is 53.6 Å². The largest absolute Gasteiger partial charge is 0.497 e. The Morgan fingerprint density at radius 3 is 2.38 bits per heavy atom. The van der Waals surface area contributed by atoms with E-state index in [0.717, 1.165) is 37.2 Å². The molecule has 2 heterocycles. The highest BCUT2D eigenvalue weighted by atomic mass is 32.2. The Kier molecular flexibility index (Phi) is 7.72. The number of sulfonamides is 1. The smallest absolute Gasteiger partial charge is 0.253 e. The van der Waals surface area contributed by atoms with Crippen LogP contribution in [0.2, 0.25) is 0 Å². The maximum absolute atomic E-state index is 13.4. The Morgan fingerprint density at radius 1 is 1.09 bits per heavy atom. The number of likely N-dealkylation sites (tertiary alicyclic amines) is 1. The summed E-state index contributed by atoms with van der Waals surface area (Å²) in [7, 11) is -2.31. The van der Waals surface area contributed by atoms with Crippen LogP contribution in [0.15, 0.2) is 47.4 Å². The summed E-state index contributed by atoms with van der Waals surface area (Å²) >= 11 is 0. The number of ether oxygens (including phenoxy) is 2. The van der Waals surface area contributed by atoms with Crippen LogP contribution in [0.3, 0.4) is 0 Å². The number of methoxy groups -OCH3 is 1. The van der Waals surface area contributed by atoms with E-state index in [1.54, 1.807) is 13.2 Å². The zero-order valence-electron chi connectivity index (χ0n) is 19.4. The molecule has 3 N–H and O–H groups in total. The van der Waals surface area contributed by atoms with Crippen LogP contribution in [0.25, 0.3) is 0 Å². The minimum atomic E-state index is -3.94. The third kappa shape index (κ3) is 5.69. The van der Waals surface area contributed by atoms with Crippen LogP contribution in [-0.2, 0) is 14.8 Å². The van der Waals surface area contributed by atoms with Gasteiger partial charge in [-0.3, -0.25) is 9.69 Å². The summed E-state index contributed by atoms with van der Waals surface area (Å²) in [6, 6.07) is 12.4. The number of nitrogens with two attached hydrogens (primary N) is 1. The third-order valence-corrected chi connectivity index (χ3v) is 7.34. The average Bonchev–Trinajstić information content (AvgIpc) is 3.39. The van der Waals surface area contributed by atoms with Crippen molar-refractivity contribution in [2.75, 3.05) is 57.9 Å². The topological polar surface area (TPSA) is 114 Å². The third-order valence-electron chi connectivity index (χ3n) is 6.43. The molecule has 2 aromatic rings. The van der Waals surface area contributed by atoms with Gasteiger partial charge in [0.05, 0.1) is 36.8 Å². The van der Waals surface area contributed by atoms with Crippen LogP contribution in [0.4, 0.5) is 5.69 Å². The molecule has 0 aromatic heterocycles. The molecule has 1 atom stereocenters. The molecule has 2 saturated heterocycles. The van der Waals surface area contributed by atoms with Crippen molar-refractivity contribution in [3.8, 4) is 5.75 Å². The summed E-state index contributed by atoms with van der Waals surface area (Å²) in [4.78, 5) is 17.7. The molecule has 34 heavy (non-hydrogen) atoms. The molecule has 184 valence electrons. The second-order valence-electron chi connectivity index (χ2n) is 8.57. The normalized spacial score (nSPS) is 18.0. The quantitative estimate of drug-likeness (QED) is 0.582. The number of rotatable bonds is 8. The van der Waals surface area contributed by atoms with E-state index in [1.807, 2.05) is 29.2 Å². The molecule has 4 rings (SSSR count). The van der Waals surface area contributed by atoms with E-state index in [2.05, 4.69) is 10.2 Å². The van der Waals surface area contributed by atoms with E-state index in [9.17, 15) is 13.2 Å². The first kappa shape index (κ1) is 24.5. The Bertz CT molecular complexity index is 1090. The molecule has 0 aliphatic carbocycles. The molecule has 2 fully saturated rings. The summed E-state index contributed by atoms with van der Waals surface area (Å²) in [6.07, 6.45) is 2.25. The number of nitrogens with one attached hydrogen (secondary N) is 1. The van der Waals surface area contributed by atoms with Gasteiger partial charge in [-0.25, -0.2) is 13.6 Å². The molecule has 1 amide bonds. The van der Waals surface area contributed by atoms with Crippen molar-refractivity contribution in [2.45, 2.75) is 23.8 Å². The second-order valence-corrected chi connectivity index (χ2v) is 10.1. The molecule has 2 aliphatic heterocycles. The van der Waals surface area contributed by atoms with Crippen molar-refractivity contribution in [2.24, 2.45) is 5.14 Å². The maximum Gasteiger partial charge on any atom is 0.253 e. The lowest BCUT2D eigenvalue weighted by Crippen LogP contribution is -2.39. The molecular weight excluding hydrogens is 456 g/mol. The van der Waals surface area contributed by atoms with E-state index in [0.29, 0.717) is 44.1 Å². The molecule has 0 spiro atoms. The zero-order valence-corrected chi connectivity index (χ0v) is 20.2. The van der Waals surface area contributed by atoms with Gasteiger partial charge < -0.3 is 19.7 Å². The SMILES string of the molecule is COc1ccc(C(CNC(=O)c2cc(S(N)(=O)=O)ccc2N2CCOCC2)N2CCCC2)cc1. The van der Waals surface area contributed by atoms with Crippen molar-refractivity contribution in [1.82, 2.24) is 10.2 Å². The number of carbonyl (C=O) groups is 1. The lowest BCUT2D eigenvalue weighted by atomic mass is 10.0. The van der Waals surface area contributed by atoms with Crippen LogP contribution in [0.1, 0.15) is 34.8 Å². The second kappa shape index (κ2) is 10.7. The molecular formula is C24H32N4O5S. The number of hydrogen-bond acceptors (Lipinski definition) is 7. The van der Waals surface area contributed by atoms with E-state index < -0.39 is 10.0 Å². The van der Waals surface area contributed by atoms with Gasteiger partial charge in [0.1, 0.15) is 5.75 Å². The summed E-state index contributed by atoms with van der Waals surface area (Å²) in [5, 5.41) is 8.40. The Labute approximate surface area is 200 Å². The van der Waals surface area contributed by atoms with Crippen LogP contribution in [0, 0.1) is 0 Å². The Balaban J connectivity index is 1.59. The first-order chi connectivity index (χ1) is 16.4. The molecule has 2 aliphatic rings. The summed E-state index contributed by atoms with van der Waals surface area (Å²) in [5.74, 6) is 0.451. The molecule has 0 bridgehead atoms. The highest BCUT2D eigenvalue weighted by molar-refractivity contribution is 7.89. The Hall–Kier alpha value is -2.66. The van der Waals surface area contributed by atoms with Gasteiger partial charge in [-0.2, -0.15) is 0 Å². The number of hydrogen-bond donors (Lipinski definition) is 2. The van der Waals surface area contributed by atoms with Gasteiger partial charge in [0, 0.05) is 25.3 Å². The first-order valence-electron chi connectivity index (χ1n) is 11.5. The standard InChI is InChI=1S/C24H32N4O5S/c1-32-19-6-4-18(5-7-19)23(27-10-2-3-11-27)17-26-24(29)21-16-20(34(25,30)31)8-9-22(21)28-12-14-33-15-13-28/h4-9,16,23H,2-3,10-15,17H2,1H3,(H,26,29)(H2,25,30,31). The number of amides is 1. The fourth-order valence-corrected chi connectivity index (χ4v) is 5.12. The number of carbonyl (C=O) groups excluding carboxylic acids is 1. The van der Waals surface area contributed by atoms with Crippen LogP contribution in [0.5, 0.6) is 5.75 Å². The molecule has 1 unspecified atom stereocenters. The van der Waals surface area contributed by atoms with Gasteiger partial charge in [-0.15, -0.1) is 0 Å². The number of nitrogens with zero attached hydrogens (tertiary/aromatic N) is 2. The van der Waals surface area contributed by atoms with Gasteiger partial charge in [-0.05, 0) is 61.8 Å². The average molecular weight is 489 g/mol. The highest BCUT2D eigenvalue weighted by Crippen LogP contribution is 2.28. The first-order valence-corrected chi connectivity index (χ1v) is 13.1. The van der Waals surface area contributed by atoms with Gasteiger partial charge in [-0.1, -0.05) is 12.1 Å². The van der Waals surface area contributed by atoms with Gasteiger partial charge in [0.25, 0.3) is 5.91 Å². The fraction of sp³-hybridized carbons (Fsp3) is 0.458.